The normalized spacial score (nSPS) is 17.7. The van der Waals surface area contributed by atoms with Gasteiger partial charge in [0.05, 0.1) is 11.1 Å². The topological polar surface area (TPSA) is 47.6 Å². The first-order valence-corrected chi connectivity index (χ1v) is 9.39. The van der Waals surface area contributed by atoms with E-state index in [0.29, 0.717) is 10.8 Å². The van der Waals surface area contributed by atoms with Gasteiger partial charge in [0, 0.05) is 12.0 Å². The summed E-state index contributed by atoms with van der Waals surface area (Å²) in [7, 11) is 0. The molecule has 0 saturated heterocycles. The Morgan fingerprint density at radius 2 is 1.88 bits per heavy atom. The molecule has 1 aliphatic rings. The van der Waals surface area contributed by atoms with E-state index in [-0.39, 0.29) is 24.2 Å². The number of benzene rings is 2. The Morgan fingerprint density at radius 3 is 2.62 bits per heavy atom. The Balaban J connectivity index is 1.71. The molecule has 0 spiro atoms. The average Bonchev–Trinajstić information content (AvgIpc) is 2.67. The van der Waals surface area contributed by atoms with Crippen molar-refractivity contribution in [2.75, 3.05) is 6.61 Å². The van der Waals surface area contributed by atoms with Crippen LogP contribution in [0.3, 0.4) is 0 Å². The summed E-state index contributed by atoms with van der Waals surface area (Å²) in [6.45, 7) is 4.17. The molecule has 0 radical (unpaired) electrons. The molecule has 1 aliphatic heterocycles. The lowest BCUT2D eigenvalue weighted by atomic mass is 9.83. The third kappa shape index (κ3) is 3.96. The van der Waals surface area contributed by atoms with Crippen molar-refractivity contribution < 1.29 is 14.3 Å². The fraction of sp³-hybridized carbons (Fsp3) is 0.381. The molecule has 0 unspecified atom stereocenters. The Morgan fingerprint density at radius 1 is 1.19 bits per heavy atom. The SMILES string of the molecule is CCC1(CC)C[C@@H](NC(=O)COc2ccccc2Cl)c2ccccc2O1. The predicted octanol–water partition coefficient (Wildman–Crippen LogP) is 4.92. The van der Waals surface area contributed by atoms with Crippen molar-refractivity contribution in [1.29, 1.82) is 0 Å². The molecule has 1 N–H and O–H groups in total. The second-order valence-corrected chi connectivity index (χ2v) is 6.98. The summed E-state index contributed by atoms with van der Waals surface area (Å²) in [5, 5.41) is 3.59. The summed E-state index contributed by atoms with van der Waals surface area (Å²) in [6.07, 6.45) is 2.52. The average molecular weight is 374 g/mol. The smallest absolute Gasteiger partial charge is 0.258 e. The molecule has 26 heavy (non-hydrogen) atoms. The van der Waals surface area contributed by atoms with E-state index in [1.165, 1.54) is 0 Å². The van der Waals surface area contributed by atoms with Gasteiger partial charge in [0.25, 0.3) is 5.91 Å². The monoisotopic (exact) mass is 373 g/mol. The second-order valence-electron chi connectivity index (χ2n) is 6.57. The molecule has 1 atom stereocenters. The molecule has 1 amide bonds. The van der Waals surface area contributed by atoms with E-state index in [9.17, 15) is 4.79 Å². The Bertz CT molecular complexity index is 773. The molecule has 0 fully saturated rings. The highest BCUT2D eigenvalue weighted by Gasteiger charge is 2.38. The molecule has 2 aromatic carbocycles. The van der Waals surface area contributed by atoms with Gasteiger partial charge in [-0.05, 0) is 31.0 Å². The van der Waals surface area contributed by atoms with E-state index in [0.717, 1.165) is 30.6 Å². The van der Waals surface area contributed by atoms with Crippen LogP contribution in [0.25, 0.3) is 0 Å². The van der Waals surface area contributed by atoms with Gasteiger partial charge in [0.2, 0.25) is 0 Å². The van der Waals surface area contributed by atoms with Crippen LogP contribution in [0.15, 0.2) is 48.5 Å². The van der Waals surface area contributed by atoms with E-state index in [2.05, 4.69) is 19.2 Å². The minimum absolute atomic E-state index is 0.0749. The van der Waals surface area contributed by atoms with Gasteiger partial charge in [0.15, 0.2) is 6.61 Å². The van der Waals surface area contributed by atoms with E-state index < -0.39 is 0 Å². The van der Waals surface area contributed by atoms with Crippen LogP contribution in [0.5, 0.6) is 11.5 Å². The number of carbonyl (C=O) groups is 1. The second kappa shape index (κ2) is 8.00. The molecule has 0 saturated carbocycles. The van der Waals surface area contributed by atoms with Gasteiger partial charge in [-0.15, -0.1) is 0 Å². The molecule has 5 heteroatoms. The lowest BCUT2D eigenvalue weighted by Crippen LogP contribution is -2.45. The molecular weight excluding hydrogens is 350 g/mol. The minimum atomic E-state index is -0.254. The quantitative estimate of drug-likeness (QED) is 0.781. The van der Waals surface area contributed by atoms with Crippen molar-refractivity contribution in [3.8, 4) is 11.5 Å². The third-order valence-corrected chi connectivity index (χ3v) is 5.33. The van der Waals surface area contributed by atoms with Gasteiger partial charge in [-0.2, -0.15) is 0 Å². The Hall–Kier alpha value is -2.20. The summed E-state index contributed by atoms with van der Waals surface area (Å²) in [6, 6.07) is 14.9. The zero-order valence-corrected chi connectivity index (χ0v) is 15.9. The number of hydrogen-bond donors (Lipinski definition) is 1. The Labute approximate surface area is 159 Å². The number of halogens is 1. The zero-order valence-electron chi connectivity index (χ0n) is 15.1. The molecule has 0 aliphatic carbocycles. The number of fused-ring (bicyclic) bond motifs is 1. The van der Waals surface area contributed by atoms with Crippen molar-refractivity contribution in [2.45, 2.75) is 44.8 Å². The van der Waals surface area contributed by atoms with Gasteiger partial charge in [0.1, 0.15) is 17.1 Å². The molecule has 138 valence electrons. The highest BCUT2D eigenvalue weighted by atomic mass is 35.5. The highest BCUT2D eigenvalue weighted by Crippen LogP contribution is 2.42. The summed E-state index contributed by atoms with van der Waals surface area (Å²) in [5.74, 6) is 1.18. The van der Waals surface area contributed by atoms with Crippen molar-refractivity contribution in [3.63, 3.8) is 0 Å². The van der Waals surface area contributed by atoms with Crippen LogP contribution in [-0.4, -0.2) is 18.1 Å². The Kier molecular flexibility index (Phi) is 5.72. The molecule has 1 heterocycles. The minimum Gasteiger partial charge on any atom is -0.487 e. The van der Waals surface area contributed by atoms with E-state index >= 15 is 0 Å². The van der Waals surface area contributed by atoms with E-state index in [1.807, 2.05) is 36.4 Å². The van der Waals surface area contributed by atoms with Gasteiger partial charge in [-0.3, -0.25) is 4.79 Å². The van der Waals surface area contributed by atoms with Gasteiger partial charge in [-0.25, -0.2) is 0 Å². The highest BCUT2D eigenvalue weighted by molar-refractivity contribution is 6.32. The van der Waals surface area contributed by atoms with Crippen molar-refractivity contribution in [3.05, 3.63) is 59.1 Å². The number of carbonyl (C=O) groups excluding carboxylic acids is 1. The lowest BCUT2D eigenvalue weighted by Gasteiger charge is -2.41. The van der Waals surface area contributed by atoms with Crippen LogP contribution in [-0.2, 0) is 4.79 Å². The maximum absolute atomic E-state index is 12.5. The third-order valence-electron chi connectivity index (χ3n) is 5.02. The van der Waals surface area contributed by atoms with Crippen molar-refractivity contribution >= 4 is 17.5 Å². The molecule has 0 bridgehead atoms. The van der Waals surface area contributed by atoms with Crippen LogP contribution in [0.2, 0.25) is 5.02 Å². The van der Waals surface area contributed by atoms with Gasteiger partial charge < -0.3 is 14.8 Å². The number of ether oxygens (including phenoxy) is 2. The van der Waals surface area contributed by atoms with E-state index in [4.69, 9.17) is 21.1 Å². The molecule has 3 rings (SSSR count). The molecule has 4 nitrogen and oxygen atoms in total. The summed E-state index contributed by atoms with van der Waals surface area (Å²) < 4.78 is 11.8. The molecule has 2 aromatic rings. The van der Waals surface area contributed by atoms with Crippen LogP contribution >= 0.6 is 11.6 Å². The van der Waals surface area contributed by atoms with Crippen LogP contribution in [0.1, 0.15) is 44.7 Å². The summed E-state index contributed by atoms with van der Waals surface area (Å²) >= 11 is 6.07. The van der Waals surface area contributed by atoms with Crippen LogP contribution in [0, 0.1) is 0 Å². The predicted molar refractivity (Wildman–Crippen MR) is 103 cm³/mol. The number of hydrogen-bond acceptors (Lipinski definition) is 3. The standard InChI is InChI=1S/C21H24ClNO3/c1-3-21(4-2)13-17(15-9-5-7-11-18(15)26-21)23-20(24)14-25-19-12-8-6-10-16(19)22/h5-12,17H,3-4,13-14H2,1-2H3,(H,23,24)/t17-/m1/s1. The van der Waals surface area contributed by atoms with Gasteiger partial charge >= 0.3 is 0 Å². The number of nitrogens with one attached hydrogen (secondary N) is 1. The maximum atomic E-state index is 12.5. The number of rotatable bonds is 6. The number of para-hydroxylation sites is 2. The van der Waals surface area contributed by atoms with Crippen LogP contribution in [0.4, 0.5) is 0 Å². The van der Waals surface area contributed by atoms with Gasteiger partial charge in [-0.1, -0.05) is 55.8 Å². The number of amides is 1. The lowest BCUT2D eigenvalue weighted by molar-refractivity contribution is -0.124. The summed E-state index contributed by atoms with van der Waals surface area (Å²) in [4.78, 5) is 12.5. The fourth-order valence-corrected chi connectivity index (χ4v) is 3.56. The first kappa shape index (κ1) is 18.6. The molecular formula is C21H24ClNO3. The van der Waals surface area contributed by atoms with Crippen LogP contribution < -0.4 is 14.8 Å². The summed E-state index contributed by atoms with van der Waals surface area (Å²) in [5.41, 5.74) is 0.756. The first-order chi connectivity index (χ1) is 12.6. The van der Waals surface area contributed by atoms with Crippen molar-refractivity contribution in [1.82, 2.24) is 5.32 Å². The molecule has 0 aromatic heterocycles. The maximum Gasteiger partial charge on any atom is 0.258 e. The van der Waals surface area contributed by atoms with E-state index in [1.54, 1.807) is 12.1 Å². The first-order valence-electron chi connectivity index (χ1n) is 9.01. The fourth-order valence-electron chi connectivity index (χ4n) is 3.37. The largest absolute Gasteiger partial charge is 0.487 e. The zero-order chi connectivity index (χ0) is 18.6. The van der Waals surface area contributed by atoms with Crippen molar-refractivity contribution in [2.24, 2.45) is 0 Å².